The van der Waals surface area contributed by atoms with E-state index in [0.29, 0.717) is 29.4 Å². The third-order valence-corrected chi connectivity index (χ3v) is 7.16. The van der Waals surface area contributed by atoms with Gasteiger partial charge in [-0.25, -0.2) is 8.78 Å². The van der Waals surface area contributed by atoms with Crippen molar-refractivity contribution in [2.75, 3.05) is 13.7 Å². The summed E-state index contributed by atoms with van der Waals surface area (Å²) in [7, 11) is 1.72. The molecule has 0 saturated heterocycles. The molecule has 31 heavy (non-hydrogen) atoms. The first-order chi connectivity index (χ1) is 14.5. The zero-order valence-corrected chi connectivity index (χ0v) is 17.5. The second-order valence-electron chi connectivity index (χ2n) is 9.11. The predicted octanol–water partition coefficient (Wildman–Crippen LogP) is 7.54. The molecule has 0 aromatic heterocycles. The molecule has 0 radical (unpaired) electrons. The molecule has 1 aromatic rings. The van der Waals surface area contributed by atoms with Crippen LogP contribution in [0.1, 0.15) is 68.4 Å². The van der Waals surface area contributed by atoms with Gasteiger partial charge < -0.3 is 4.74 Å². The molecule has 1 atom stereocenters. The van der Waals surface area contributed by atoms with Crippen molar-refractivity contribution in [2.24, 2.45) is 17.8 Å². The normalized spacial score (nSPS) is 29.0. The van der Waals surface area contributed by atoms with Crippen LogP contribution in [0, 0.1) is 23.6 Å². The van der Waals surface area contributed by atoms with Gasteiger partial charge in [0.2, 0.25) is 0 Å². The molecule has 2 saturated carbocycles. The van der Waals surface area contributed by atoms with Crippen molar-refractivity contribution in [3.05, 3.63) is 35.1 Å². The van der Waals surface area contributed by atoms with Gasteiger partial charge in [0.05, 0.1) is 5.56 Å². The maximum Gasteiger partial charge on any atom is 0.426 e. The van der Waals surface area contributed by atoms with Crippen molar-refractivity contribution in [3.63, 3.8) is 0 Å². The summed E-state index contributed by atoms with van der Waals surface area (Å²) in [6, 6.07) is 2.68. The topological polar surface area (TPSA) is 9.23 Å². The van der Waals surface area contributed by atoms with Crippen LogP contribution in [0.15, 0.2) is 18.2 Å². The molecule has 3 rings (SSSR count). The van der Waals surface area contributed by atoms with Crippen molar-refractivity contribution in [2.45, 2.75) is 75.6 Å². The fourth-order valence-electron chi connectivity index (χ4n) is 5.38. The molecule has 0 heterocycles. The lowest BCUT2D eigenvalue weighted by Crippen LogP contribution is -2.40. The van der Waals surface area contributed by atoms with Gasteiger partial charge in [-0.15, -0.1) is 0 Å². The Kier molecular flexibility index (Phi) is 7.59. The van der Waals surface area contributed by atoms with E-state index in [2.05, 4.69) is 0 Å². The molecule has 0 bridgehead atoms. The van der Waals surface area contributed by atoms with Gasteiger partial charge in [0, 0.05) is 13.7 Å². The Bertz CT molecular complexity index is 717. The van der Waals surface area contributed by atoms with Crippen LogP contribution in [0.4, 0.5) is 30.7 Å². The van der Waals surface area contributed by atoms with E-state index in [1.54, 1.807) is 7.11 Å². The molecule has 2 aliphatic carbocycles. The molecular formula is C23H29F7O. The molecule has 2 fully saturated rings. The lowest BCUT2D eigenvalue weighted by Gasteiger charge is -2.38. The van der Waals surface area contributed by atoms with Crippen molar-refractivity contribution < 1.29 is 35.5 Å². The highest BCUT2D eigenvalue weighted by Gasteiger charge is 2.58. The SMILES string of the molecule is COCC1CCC(C2CCC(c3ccc(C(F)(F)C(F)C(F)(F)F)c(F)c3)CC2)CC1. The van der Waals surface area contributed by atoms with Crippen molar-refractivity contribution in [1.29, 1.82) is 0 Å². The van der Waals surface area contributed by atoms with Crippen molar-refractivity contribution >= 4 is 0 Å². The number of rotatable bonds is 6. The summed E-state index contributed by atoms with van der Waals surface area (Å²) in [5.41, 5.74) is -1.07. The van der Waals surface area contributed by atoms with Crippen molar-refractivity contribution in [3.8, 4) is 0 Å². The predicted molar refractivity (Wildman–Crippen MR) is 103 cm³/mol. The Morgan fingerprint density at radius 2 is 1.45 bits per heavy atom. The molecule has 1 unspecified atom stereocenters. The first kappa shape index (κ1) is 24.3. The van der Waals surface area contributed by atoms with Crippen LogP contribution in [0.25, 0.3) is 0 Å². The lowest BCUT2D eigenvalue weighted by atomic mass is 9.68. The van der Waals surface area contributed by atoms with Crippen LogP contribution >= 0.6 is 0 Å². The molecule has 0 spiro atoms. The van der Waals surface area contributed by atoms with E-state index in [4.69, 9.17) is 4.74 Å². The van der Waals surface area contributed by atoms with E-state index in [-0.39, 0.29) is 5.92 Å². The van der Waals surface area contributed by atoms with E-state index in [9.17, 15) is 30.7 Å². The molecule has 0 N–H and O–H groups in total. The van der Waals surface area contributed by atoms with Gasteiger partial charge in [-0.05, 0) is 92.7 Å². The largest absolute Gasteiger partial charge is 0.426 e. The molecular weight excluding hydrogens is 425 g/mol. The highest BCUT2D eigenvalue weighted by molar-refractivity contribution is 5.31. The first-order valence-electron chi connectivity index (χ1n) is 10.9. The summed E-state index contributed by atoms with van der Waals surface area (Å²) in [4.78, 5) is 0. The molecule has 2 aliphatic rings. The second kappa shape index (κ2) is 9.67. The van der Waals surface area contributed by atoms with E-state index in [1.165, 1.54) is 18.9 Å². The summed E-state index contributed by atoms with van der Waals surface area (Å²) in [6.45, 7) is 0.798. The Balaban J connectivity index is 1.60. The minimum atomic E-state index is -5.77. The Morgan fingerprint density at radius 1 is 0.903 bits per heavy atom. The first-order valence-corrected chi connectivity index (χ1v) is 10.9. The van der Waals surface area contributed by atoms with Gasteiger partial charge in [-0.2, -0.15) is 22.0 Å². The number of hydrogen-bond donors (Lipinski definition) is 0. The maximum absolute atomic E-state index is 14.3. The summed E-state index contributed by atoms with van der Waals surface area (Å²) in [5, 5.41) is 0. The standard InChI is InChI=1S/C23H29F7O/c1-31-13-14-2-4-15(5-3-14)16-6-8-17(9-7-16)18-10-11-19(20(24)12-18)22(26,27)21(25)23(28,29)30/h10-12,14-17,21H,2-9,13H2,1H3. The zero-order valence-electron chi connectivity index (χ0n) is 17.5. The quantitative estimate of drug-likeness (QED) is 0.404. The monoisotopic (exact) mass is 454 g/mol. The number of ether oxygens (including phenoxy) is 1. The third kappa shape index (κ3) is 5.55. The van der Waals surface area contributed by atoms with Gasteiger partial charge in [0.15, 0.2) is 0 Å². The van der Waals surface area contributed by atoms with Crippen molar-refractivity contribution in [1.82, 2.24) is 0 Å². The highest BCUT2D eigenvalue weighted by atomic mass is 19.4. The Hall–Kier alpha value is -1.31. The van der Waals surface area contributed by atoms with Gasteiger partial charge in [-0.1, -0.05) is 6.07 Å². The fourth-order valence-corrected chi connectivity index (χ4v) is 5.38. The number of methoxy groups -OCH3 is 1. The van der Waals surface area contributed by atoms with Gasteiger partial charge in [-0.3, -0.25) is 0 Å². The Labute approximate surface area is 178 Å². The van der Waals surface area contributed by atoms with Gasteiger partial charge >= 0.3 is 12.1 Å². The van der Waals surface area contributed by atoms with E-state index in [0.717, 1.165) is 51.2 Å². The molecule has 0 aliphatic heterocycles. The molecule has 8 heteroatoms. The summed E-state index contributed by atoms with van der Waals surface area (Å²) in [6.07, 6.45) is -2.06. The minimum Gasteiger partial charge on any atom is -0.384 e. The second-order valence-corrected chi connectivity index (χ2v) is 9.11. The van der Waals surface area contributed by atoms with Crippen LogP contribution in [0.3, 0.4) is 0 Å². The molecule has 1 aromatic carbocycles. The maximum atomic E-state index is 14.3. The van der Waals surface area contributed by atoms with E-state index < -0.39 is 29.7 Å². The fraction of sp³-hybridized carbons (Fsp3) is 0.739. The summed E-state index contributed by atoms with van der Waals surface area (Å²) < 4.78 is 97.7. The summed E-state index contributed by atoms with van der Waals surface area (Å²) in [5.74, 6) is -4.61. The molecule has 0 amide bonds. The molecule has 176 valence electrons. The number of halogens is 7. The van der Waals surface area contributed by atoms with Crippen LogP contribution < -0.4 is 0 Å². The molecule has 1 nitrogen and oxygen atoms in total. The Morgan fingerprint density at radius 3 is 1.94 bits per heavy atom. The highest BCUT2D eigenvalue weighted by Crippen LogP contribution is 2.46. The average molecular weight is 454 g/mol. The number of benzene rings is 1. The zero-order chi connectivity index (χ0) is 22.8. The van der Waals surface area contributed by atoms with Crippen LogP contribution in [0.5, 0.6) is 0 Å². The minimum absolute atomic E-state index is 0.0259. The van der Waals surface area contributed by atoms with Crippen LogP contribution in [-0.2, 0) is 10.7 Å². The van der Waals surface area contributed by atoms with Crippen LogP contribution in [0.2, 0.25) is 0 Å². The van der Waals surface area contributed by atoms with Gasteiger partial charge in [0.25, 0.3) is 6.17 Å². The summed E-state index contributed by atoms with van der Waals surface area (Å²) >= 11 is 0. The van der Waals surface area contributed by atoms with Crippen LogP contribution in [-0.4, -0.2) is 26.1 Å². The van der Waals surface area contributed by atoms with Gasteiger partial charge in [0.1, 0.15) is 5.82 Å². The average Bonchev–Trinajstić information content (AvgIpc) is 2.73. The number of alkyl halides is 6. The lowest BCUT2D eigenvalue weighted by molar-refractivity contribution is -0.248. The smallest absolute Gasteiger partial charge is 0.384 e. The third-order valence-electron chi connectivity index (χ3n) is 7.16. The number of hydrogen-bond acceptors (Lipinski definition) is 1. The van der Waals surface area contributed by atoms with E-state index in [1.807, 2.05) is 0 Å². The van der Waals surface area contributed by atoms with E-state index >= 15 is 0 Å².